The van der Waals surface area contributed by atoms with Crippen molar-refractivity contribution in [2.24, 2.45) is 11.0 Å². The van der Waals surface area contributed by atoms with E-state index in [9.17, 15) is 4.79 Å². The lowest BCUT2D eigenvalue weighted by molar-refractivity contribution is -0.122. The van der Waals surface area contributed by atoms with E-state index >= 15 is 0 Å². The van der Waals surface area contributed by atoms with Crippen LogP contribution in [0.2, 0.25) is 0 Å². The molecule has 1 atom stereocenters. The maximum atomic E-state index is 12.3. The molecule has 0 heterocycles. The summed E-state index contributed by atoms with van der Waals surface area (Å²) >= 11 is 0. The normalized spacial score (nSPS) is 13.0. The van der Waals surface area contributed by atoms with E-state index in [-0.39, 0.29) is 11.8 Å². The maximum Gasteiger partial charge on any atom is 0.247 e. The Hall–Kier alpha value is -2.42. The molecule has 0 aliphatic heterocycles. The van der Waals surface area contributed by atoms with Crippen molar-refractivity contribution in [3.05, 3.63) is 71.3 Å². The van der Waals surface area contributed by atoms with Gasteiger partial charge in [0.15, 0.2) is 0 Å². The highest BCUT2D eigenvalue weighted by molar-refractivity contribution is 5.99. The number of amides is 1. The van der Waals surface area contributed by atoms with E-state index in [1.165, 1.54) is 5.56 Å². The maximum absolute atomic E-state index is 12.3. The first-order valence-electron chi connectivity index (χ1n) is 8.45. The van der Waals surface area contributed by atoms with Gasteiger partial charge in [-0.25, -0.2) is 5.43 Å². The summed E-state index contributed by atoms with van der Waals surface area (Å²) < 4.78 is 0. The molecule has 1 unspecified atom stereocenters. The van der Waals surface area contributed by atoms with E-state index in [1.807, 2.05) is 56.3 Å². The van der Waals surface area contributed by atoms with Crippen molar-refractivity contribution < 1.29 is 4.79 Å². The summed E-state index contributed by atoms with van der Waals surface area (Å²) in [6.07, 6.45) is 1.06. The molecule has 2 rings (SSSR count). The molecular formula is C21H26N2O. The smallest absolute Gasteiger partial charge is 0.247 e. The van der Waals surface area contributed by atoms with Crippen molar-refractivity contribution >= 4 is 11.6 Å². The molecule has 24 heavy (non-hydrogen) atoms. The van der Waals surface area contributed by atoms with Gasteiger partial charge in [-0.15, -0.1) is 0 Å². The van der Waals surface area contributed by atoms with Gasteiger partial charge in [-0.05, 0) is 42.9 Å². The highest BCUT2D eigenvalue weighted by atomic mass is 16.2. The number of nitrogens with one attached hydrogen (secondary N) is 1. The molecule has 2 aromatic rings. The number of nitrogens with zero attached hydrogens (tertiary/aromatic N) is 1. The molecule has 1 N–H and O–H groups in total. The lowest BCUT2D eigenvalue weighted by Crippen LogP contribution is -2.24. The summed E-state index contributed by atoms with van der Waals surface area (Å²) in [7, 11) is 0. The molecule has 3 heteroatoms. The number of hydrogen-bond acceptors (Lipinski definition) is 2. The van der Waals surface area contributed by atoms with Gasteiger partial charge in [-0.1, -0.05) is 68.4 Å². The largest absolute Gasteiger partial charge is 0.272 e. The monoisotopic (exact) mass is 322 g/mol. The predicted octanol–water partition coefficient (Wildman–Crippen LogP) is 4.53. The summed E-state index contributed by atoms with van der Waals surface area (Å²) in [5.41, 5.74) is 6.79. The van der Waals surface area contributed by atoms with Crippen molar-refractivity contribution in [3.63, 3.8) is 0 Å². The van der Waals surface area contributed by atoms with Crippen LogP contribution >= 0.6 is 0 Å². The number of benzene rings is 2. The summed E-state index contributed by atoms with van der Waals surface area (Å²) in [5.74, 6) is 0.305. The van der Waals surface area contributed by atoms with Gasteiger partial charge in [0.2, 0.25) is 5.91 Å². The van der Waals surface area contributed by atoms with Crippen molar-refractivity contribution in [2.45, 2.75) is 40.0 Å². The van der Waals surface area contributed by atoms with E-state index < -0.39 is 0 Å². The third kappa shape index (κ3) is 5.05. The van der Waals surface area contributed by atoms with Crippen LogP contribution in [0.25, 0.3) is 0 Å². The minimum atomic E-state index is -0.231. The van der Waals surface area contributed by atoms with Crippen molar-refractivity contribution in [1.29, 1.82) is 0 Å². The predicted molar refractivity (Wildman–Crippen MR) is 100 cm³/mol. The third-order valence-corrected chi connectivity index (χ3v) is 4.04. The van der Waals surface area contributed by atoms with E-state index in [0.29, 0.717) is 5.92 Å². The summed E-state index contributed by atoms with van der Waals surface area (Å²) in [6.45, 7) is 8.20. The van der Waals surface area contributed by atoms with Gasteiger partial charge in [0.1, 0.15) is 0 Å². The Morgan fingerprint density at radius 3 is 2.21 bits per heavy atom. The molecular weight excluding hydrogens is 296 g/mol. The second-order valence-corrected chi connectivity index (χ2v) is 6.60. The Balaban J connectivity index is 1.99. The van der Waals surface area contributed by atoms with Crippen molar-refractivity contribution in [3.8, 4) is 0 Å². The van der Waals surface area contributed by atoms with E-state index in [4.69, 9.17) is 0 Å². The molecule has 0 fully saturated rings. The highest BCUT2D eigenvalue weighted by Gasteiger charge is 2.15. The van der Waals surface area contributed by atoms with Gasteiger partial charge in [0.05, 0.1) is 11.6 Å². The summed E-state index contributed by atoms with van der Waals surface area (Å²) in [6, 6.07) is 18.1. The standard InChI is InChI=1S/C21H26N2O/c1-15(2)14-18-10-12-19(13-11-18)16(3)21(24)23-22-17(4)20-8-6-5-7-9-20/h5-13,15-16H,14H2,1-4H3,(H,23,24)/b22-17+. The van der Waals surface area contributed by atoms with Gasteiger partial charge < -0.3 is 0 Å². The van der Waals surface area contributed by atoms with Gasteiger partial charge >= 0.3 is 0 Å². The van der Waals surface area contributed by atoms with Crippen molar-refractivity contribution in [2.75, 3.05) is 0 Å². The van der Waals surface area contributed by atoms with Crippen molar-refractivity contribution in [1.82, 2.24) is 5.43 Å². The number of carbonyl (C=O) groups excluding carboxylic acids is 1. The quantitative estimate of drug-likeness (QED) is 0.616. The number of rotatable bonds is 6. The molecule has 3 nitrogen and oxygen atoms in total. The zero-order chi connectivity index (χ0) is 17.5. The molecule has 126 valence electrons. The molecule has 2 aromatic carbocycles. The fourth-order valence-corrected chi connectivity index (χ4v) is 2.54. The highest BCUT2D eigenvalue weighted by Crippen LogP contribution is 2.17. The van der Waals surface area contributed by atoms with Crippen LogP contribution in [0.5, 0.6) is 0 Å². The number of hydrazone groups is 1. The molecule has 0 bridgehead atoms. The molecule has 0 radical (unpaired) electrons. The Morgan fingerprint density at radius 2 is 1.62 bits per heavy atom. The Labute approximate surface area is 144 Å². The topological polar surface area (TPSA) is 41.5 Å². The lowest BCUT2D eigenvalue weighted by Gasteiger charge is -2.12. The van der Waals surface area contributed by atoms with Crippen LogP contribution in [0.3, 0.4) is 0 Å². The first-order chi connectivity index (χ1) is 11.5. The second kappa shape index (κ2) is 8.44. The summed E-state index contributed by atoms with van der Waals surface area (Å²) in [4.78, 5) is 12.3. The van der Waals surface area contributed by atoms with Crippen LogP contribution in [0.1, 0.15) is 50.3 Å². The molecule has 0 aromatic heterocycles. The van der Waals surface area contributed by atoms with Crippen LogP contribution in [0, 0.1) is 5.92 Å². The Morgan fingerprint density at radius 1 is 1.00 bits per heavy atom. The lowest BCUT2D eigenvalue weighted by atomic mass is 9.96. The average Bonchev–Trinajstić information content (AvgIpc) is 2.59. The minimum Gasteiger partial charge on any atom is -0.272 e. The number of carbonyl (C=O) groups is 1. The van der Waals surface area contributed by atoms with Gasteiger partial charge in [-0.3, -0.25) is 4.79 Å². The molecule has 0 aliphatic carbocycles. The third-order valence-electron chi connectivity index (χ3n) is 4.04. The van der Waals surface area contributed by atoms with E-state index in [2.05, 4.69) is 36.5 Å². The molecule has 0 saturated heterocycles. The fraction of sp³-hybridized carbons (Fsp3) is 0.333. The van der Waals surface area contributed by atoms with Crippen LogP contribution in [0.4, 0.5) is 0 Å². The van der Waals surface area contributed by atoms with Crippen LogP contribution < -0.4 is 5.43 Å². The van der Waals surface area contributed by atoms with Gasteiger partial charge in [0.25, 0.3) is 0 Å². The first-order valence-corrected chi connectivity index (χ1v) is 8.45. The second-order valence-electron chi connectivity index (χ2n) is 6.60. The minimum absolute atomic E-state index is 0.0955. The van der Waals surface area contributed by atoms with Crippen LogP contribution in [-0.4, -0.2) is 11.6 Å². The van der Waals surface area contributed by atoms with E-state index in [1.54, 1.807) is 0 Å². The number of hydrogen-bond donors (Lipinski definition) is 1. The fourth-order valence-electron chi connectivity index (χ4n) is 2.54. The first kappa shape index (κ1) is 17.9. The van der Waals surface area contributed by atoms with Gasteiger partial charge in [-0.2, -0.15) is 5.10 Å². The Kier molecular flexibility index (Phi) is 6.30. The SMILES string of the molecule is C/C(=N\NC(=O)C(C)c1ccc(CC(C)C)cc1)c1ccccc1. The average molecular weight is 322 g/mol. The van der Waals surface area contributed by atoms with Gasteiger partial charge in [0, 0.05) is 0 Å². The van der Waals surface area contributed by atoms with Crippen LogP contribution in [-0.2, 0) is 11.2 Å². The zero-order valence-corrected chi connectivity index (χ0v) is 14.9. The summed E-state index contributed by atoms with van der Waals surface area (Å²) in [5, 5.41) is 4.21. The Bertz CT molecular complexity index is 688. The van der Waals surface area contributed by atoms with E-state index in [0.717, 1.165) is 23.3 Å². The molecule has 1 amide bonds. The molecule has 0 aliphatic rings. The molecule has 0 spiro atoms. The van der Waals surface area contributed by atoms with Crippen LogP contribution in [0.15, 0.2) is 59.7 Å². The zero-order valence-electron chi connectivity index (χ0n) is 14.9. The molecule has 0 saturated carbocycles.